The predicted molar refractivity (Wildman–Crippen MR) is 72.3 cm³/mol. The molecule has 7 heteroatoms. The fourth-order valence-electron chi connectivity index (χ4n) is 1.26. The van der Waals surface area contributed by atoms with Gasteiger partial charge in [-0.15, -0.1) is 23.1 Å². The molecule has 1 heterocycles. The van der Waals surface area contributed by atoms with E-state index in [2.05, 4.69) is 10.3 Å². The fourth-order valence-corrected chi connectivity index (χ4v) is 2.59. The smallest absolute Gasteiger partial charge is 0.236 e. The molecule has 0 fully saturated rings. The molecule has 0 aliphatic heterocycles. The van der Waals surface area contributed by atoms with E-state index in [9.17, 15) is 9.18 Å². The van der Waals surface area contributed by atoms with Gasteiger partial charge in [0.05, 0.1) is 5.75 Å². The summed E-state index contributed by atoms with van der Waals surface area (Å²) in [6.07, 6.45) is 1.61. The minimum Gasteiger partial charge on any atom is -0.399 e. The van der Waals surface area contributed by atoms with Gasteiger partial charge in [0.25, 0.3) is 0 Å². The topological polar surface area (TPSA) is 68.0 Å². The lowest BCUT2D eigenvalue weighted by molar-refractivity contribution is -0.113. The second-order valence-electron chi connectivity index (χ2n) is 3.39. The molecule has 0 spiro atoms. The number of carbonyl (C=O) groups is 1. The van der Waals surface area contributed by atoms with E-state index in [1.54, 1.807) is 17.6 Å². The maximum Gasteiger partial charge on any atom is 0.236 e. The first-order chi connectivity index (χ1) is 8.63. The Morgan fingerprint density at radius 2 is 2.33 bits per heavy atom. The number of nitrogens with one attached hydrogen (secondary N) is 1. The molecule has 2 aromatic rings. The van der Waals surface area contributed by atoms with Crippen molar-refractivity contribution in [3.8, 4) is 0 Å². The SMILES string of the molecule is Nc1cc(F)cc(SCC(=O)Nc2nccs2)c1. The summed E-state index contributed by atoms with van der Waals surface area (Å²) in [6.45, 7) is 0. The number of rotatable bonds is 4. The number of nitrogens with zero attached hydrogens (tertiary/aromatic N) is 1. The molecule has 1 aromatic carbocycles. The fraction of sp³-hybridized carbons (Fsp3) is 0.0909. The van der Waals surface area contributed by atoms with Crippen LogP contribution >= 0.6 is 23.1 Å². The van der Waals surface area contributed by atoms with Crippen molar-refractivity contribution >= 4 is 39.8 Å². The second-order valence-corrected chi connectivity index (χ2v) is 5.34. The Morgan fingerprint density at radius 1 is 1.50 bits per heavy atom. The Kier molecular flexibility index (Phi) is 4.16. The van der Waals surface area contributed by atoms with Crippen LogP contribution in [0.4, 0.5) is 15.2 Å². The number of hydrogen-bond donors (Lipinski definition) is 2. The van der Waals surface area contributed by atoms with Gasteiger partial charge in [0.15, 0.2) is 5.13 Å². The summed E-state index contributed by atoms with van der Waals surface area (Å²) in [5.74, 6) is -0.404. The quantitative estimate of drug-likeness (QED) is 0.668. The number of amides is 1. The molecule has 0 aliphatic rings. The Bertz CT molecular complexity index is 525. The first-order valence-electron chi connectivity index (χ1n) is 5.02. The van der Waals surface area contributed by atoms with Gasteiger partial charge in [-0.05, 0) is 18.2 Å². The Hall–Kier alpha value is -1.60. The second kappa shape index (κ2) is 5.83. The Balaban J connectivity index is 1.89. The van der Waals surface area contributed by atoms with E-state index in [4.69, 9.17) is 5.73 Å². The summed E-state index contributed by atoms with van der Waals surface area (Å²) in [5.41, 5.74) is 5.86. The molecule has 3 N–H and O–H groups in total. The number of hydrogen-bond acceptors (Lipinski definition) is 5. The van der Waals surface area contributed by atoms with Crippen LogP contribution in [0.5, 0.6) is 0 Å². The minimum absolute atomic E-state index is 0.183. The molecule has 18 heavy (non-hydrogen) atoms. The standard InChI is InChI=1S/C11H10FN3OS2/c12-7-3-8(13)5-9(4-7)18-6-10(16)15-11-14-1-2-17-11/h1-5H,6,13H2,(H,14,15,16). The Labute approximate surface area is 111 Å². The number of carbonyl (C=O) groups excluding carboxylic acids is 1. The van der Waals surface area contributed by atoms with Crippen molar-refractivity contribution in [3.63, 3.8) is 0 Å². The summed E-state index contributed by atoms with van der Waals surface area (Å²) < 4.78 is 13.1. The van der Waals surface area contributed by atoms with Gasteiger partial charge in [0.1, 0.15) is 5.82 Å². The molecule has 0 aliphatic carbocycles. The van der Waals surface area contributed by atoms with E-state index < -0.39 is 5.82 Å². The van der Waals surface area contributed by atoms with Gasteiger partial charge in [-0.25, -0.2) is 9.37 Å². The van der Waals surface area contributed by atoms with Gasteiger partial charge in [-0.2, -0.15) is 0 Å². The summed E-state index contributed by atoms with van der Waals surface area (Å²) in [4.78, 5) is 16.1. The third-order valence-corrected chi connectivity index (χ3v) is 3.61. The maximum atomic E-state index is 13.1. The molecule has 1 amide bonds. The summed E-state index contributed by atoms with van der Waals surface area (Å²) in [6, 6.07) is 4.21. The van der Waals surface area contributed by atoms with Crippen LogP contribution < -0.4 is 11.1 Å². The number of thiazole rings is 1. The monoisotopic (exact) mass is 283 g/mol. The highest BCUT2D eigenvalue weighted by atomic mass is 32.2. The van der Waals surface area contributed by atoms with Gasteiger partial charge < -0.3 is 11.1 Å². The van der Waals surface area contributed by atoms with E-state index in [0.717, 1.165) is 0 Å². The molecule has 0 saturated carbocycles. The van der Waals surface area contributed by atoms with Crippen LogP contribution in [0.25, 0.3) is 0 Å². The lowest BCUT2D eigenvalue weighted by atomic mass is 10.3. The lowest BCUT2D eigenvalue weighted by Crippen LogP contribution is -2.13. The number of aromatic nitrogens is 1. The van der Waals surface area contributed by atoms with Crippen molar-refractivity contribution in [2.75, 3.05) is 16.8 Å². The first-order valence-corrected chi connectivity index (χ1v) is 6.88. The number of nitrogens with two attached hydrogens (primary N) is 1. The third kappa shape index (κ3) is 3.71. The van der Waals surface area contributed by atoms with Crippen LogP contribution in [-0.2, 0) is 4.79 Å². The first kappa shape index (κ1) is 12.8. The van der Waals surface area contributed by atoms with E-state index in [0.29, 0.717) is 15.7 Å². The molecule has 1 aromatic heterocycles. The zero-order valence-corrected chi connectivity index (χ0v) is 10.9. The lowest BCUT2D eigenvalue weighted by Gasteiger charge is -2.03. The summed E-state index contributed by atoms with van der Waals surface area (Å²) in [5, 5.41) is 4.97. The van der Waals surface area contributed by atoms with Crippen molar-refractivity contribution in [2.24, 2.45) is 0 Å². The molecule has 0 unspecified atom stereocenters. The van der Waals surface area contributed by atoms with Crippen molar-refractivity contribution in [3.05, 3.63) is 35.6 Å². The summed E-state index contributed by atoms with van der Waals surface area (Å²) >= 11 is 2.57. The largest absolute Gasteiger partial charge is 0.399 e. The van der Waals surface area contributed by atoms with Gasteiger partial charge in [-0.3, -0.25) is 4.79 Å². The van der Waals surface area contributed by atoms with Gasteiger partial charge >= 0.3 is 0 Å². The van der Waals surface area contributed by atoms with Crippen molar-refractivity contribution < 1.29 is 9.18 Å². The number of halogens is 1. The highest BCUT2D eigenvalue weighted by Crippen LogP contribution is 2.22. The number of thioether (sulfide) groups is 1. The number of nitrogen functional groups attached to an aromatic ring is 1. The number of benzene rings is 1. The average Bonchev–Trinajstić information content (AvgIpc) is 2.78. The van der Waals surface area contributed by atoms with E-state index in [1.165, 1.54) is 35.2 Å². The third-order valence-electron chi connectivity index (χ3n) is 1.94. The zero-order chi connectivity index (χ0) is 13.0. The van der Waals surface area contributed by atoms with Gasteiger partial charge in [0.2, 0.25) is 5.91 Å². The van der Waals surface area contributed by atoms with Crippen LogP contribution in [0.3, 0.4) is 0 Å². The average molecular weight is 283 g/mol. The molecule has 2 rings (SSSR count). The van der Waals surface area contributed by atoms with Crippen LogP contribution in [0.2, 0.25) is 0 Å². The molecule has 94 valence electrons. The maximum absolute atomic E-state index is 13.1. The highest BCUT2D eigenvalue weighted by Gasteiger charge is 2.06. The normalized spacial score (nSPS) is 10.3. The zero-order valence-electron chi connectivity index (χ0n) is 9.22. The summed E-state index contributed by atoms with van der Waals surface area (Å²) in [7, 11) is 0. The minimum atomic E-state index is -0.405. The van der Waals surface area contributed by atoms with Gasteiger partial charge in [0, 0.05) is 22.2 Å². The van der Waals surface area contributed by atoms with Crippen LogP contribution in [0.1, 0.15) is 0 Å². The van der Waals surface area contributed by atoms with Crippen LogP contribution in [-0.4, -0.2) is 16.6 Å². The van der Waals surface area contributed by atoms with Gasteiger partial charge in [-0.1, -0.05) is 0 Å². The molecule has 0 atom stereocenters. The van der Waals surface area contributed by atoms with Crippen LogP contribution in [0, 0.1) is 5.82 Å². The molecular formula is C11H10FN3OS2. The van der Waals surface area contributed by atoms with E-state index >= 15 is 0 Å². The molecule has 0 radical (unpaired) electrons. The van der Waals surface area contributed by atoms with E-state index in [1.807, 2.05) is 0 Å². The highest BCUT2D eigenvalue weighted by molar-refractivity contribution is 8.00. The molecule has 0 saturated heterocycles. The molecule has 0 bridgehead atoms. The molecular weight excluding hydrogens is 273 g/mol. The van der Waals surface area contributed by atoms with Crippen molar-refractivity contribution in [1.82, 2.24) is 4.98 Å². The van der Waals surface area contributed by atoms with Crippen LogP contribution in [0.15, 0.2) is 34.7 Å². The van der Waals surface area contributed by atoms with Crippen molar-refractivity contribution in [1.29, 1.82) is 0 Å². The van der Waals surface area contributed by atoms with E-state index in [-0.39, 0.29) is 11.7 Å². The Morgan fingerprint density at radius 3 is 3.00 bits per heavy atom. The van der Waals surface area contributed by atoms with Crippen molar-refractivity contribution in [2.45, 2.75) is 4.90 Å². The molecule has 4 nitrogen and oxygen atoms in total. The predicted octanol–water partition coefficient (Wildman–Crippen LogP) is 2.60. The number of anilines is 2.